The maximum atomic E-state index is 6.19. The third kappa shape index (κ3) is 3.69. The van der Waals surface area contributed by atoms with Crippen LogP contribution in [-0.4, -0.2) is 37.1 Å². The summed E-state index contributed by atoms with van der Waals surface area (Å²) in [5.41, 5.74) is -0.116. The second-order valence-electron chi connectivity index (χ2n) is 7.26. The third-order valence-electron chi connectivity index (χ3n) is 3.33. The second-order valence-corrected chi connectivity index (χ2v) is 7.26. The second kappa shape index (κ2) is 5.48. The molecule has 0 amide bonds. The molecule has 1 rings (SSSR count). The van der Waals surface area contributed by atoms with Crippen molar-refractivity contribution in [2.45, 2.75) is 84.9 Å². The van der Waals surface area contributed by atoms with Crippen LogP contribution in [0.3, 0.4) is 0 Å². The Bertz CT molecular complexity index is 262. The summed E-state index contributed by atoms with van der Waals surface area (Å²) in [6.45, 7) is 15.0. The van der Waals surface area contributed by atoms with Crippen LogP contribution in [0.2, 0.25) is 0 Å². The average molecular weight is 258 g/mol. The molecule has 0 radical (unpaired) electrons. The first-order valence-electron chi connectivity index (χ1n) is 6.96. The van der Waals surface area contributed by atoms with E-state index in [1.807, 2.05) is 0 Å². The Labute approximate surface area is 112 Å². The Hall–Kier alpha value is -0.120. The van der Waals surface area contributed by atoms with E-state index in [0.717, 1.165) is 6.42 Å². The molecule has 0 aromatic carbocycles. The van der Waals surface area contributed by atoms with Gasteiger partial charge in [0.05, 0.1) is 17.8 Å². The Morgan fingerprint density at radius 2 is 1.56 bits per heavy atom. The van der Waals surface area contributed by atoms with Crippen LogP contribution >= 0.6 is 0 Å². The highest BCUT2D eigenvalue weighted by molar-refractivity contribution is 4.98. The van der Waals surface area contributed by atoms with Crippen molar-refractivity contribution >= 4 is 0 Å². The standard InChI is InChI=1S/C15H30O3/c1-9-10-11(18-15(5,6)7)12(16-8)13(17-10)14(2,3)4/h10-13H,9H2,1-8H3/t10-,11?,12+,13-/m1/s1. The number of ether oxygens (including phenoxy) is 3. The molecular formula is C15H30O3. The molecule has 0 aromatic rings. The molecule has 18 heavy (non-hydrogen) atoms. The number of hydrogen-bond acceptors (Lipinski definition) is 3. The van der Waals surface area contributed by atoms with Gasteiger partial charge in [0.2, 0.25) is 0 Å². The van der Waals surface area contributed by atoms with Crippen LogP contribution in [0.5, 0.6) is 0 Å². The predicted octanol–water partition coefficient (Wildman–Crippen LogP) is 3.41. The molecular weight excluding hydrogens is 228 g/mol. The Kier molecular flexibility index (Phi) is 4.85. The van der Waals surface area contributed by atoms with E-state index in [2.05, 4.69) is 48.5 Å². The van der Waals surface area contributed by atoms with Crippen LogP contribution in [0.15, 0.2) is 0 Å². The summed E-state index contributed by atoms with van der Waals surface area (Å²) in [5, 5.41) is 0. The van der Waals surface area contributed by atoms with Crippen molar-refractivity contribution in [3.8, 4) is 0 Å². The van der Waals surface area contributed by atoms with Crippen LogP contribution < -0.4 is 0 Å². The highest BCUT2D eigenvalue weighted by Crippen LogP contribution is 2.39. The van der Waals surface area contributed by atoms with Crippen molar-refractivity contribution in [3.05, 3.63) is 0 Å². The zero-order chi connectivity index (χ0) is 14.1. The minimum atomic E-state index is -0.176. The van der Waals surface area contributed by atoms with Gasteiger partial charge in [0.15, 0.2) is 0 Å². The molecule has 108 valence electrons. The number of rotatable bonds is 3. The van der Waals surface area contributed by atoms with E-state index in [-0.39, 0.29) is 35.4 Å². The van der Waals surface area contributed by atoms with Gasteiger partial charge in [0.25, 0.3) is 0 Å². The van der Waals surface area contributed by atoms with E-state index in [4.69, 9.17) is 14.2 Å². The first-order valence-corrected chi connectivity index (χ1v) is 6.96. The van der Waals surface area contributed by atoms with E-state index in [9.17, 15) is 0 Å². The Morgan fingerprint density at radius 1 is 1.00 bits per heavy atom. The fourth-order valence-corrected chi connectivity index (χ4v) is 2.56. The van der Waals surface area contributed by atoms with Crippen molar-refractivity contribution in [3.63, 3.8) is 0 Å². The van der Waals surface area contributed by atoms with Crippen LogP contribution in [-0.2, 0) is 14.2 Å². The molecule has 1 aliphatic rings. The highest BCUT2D eigenvalue weighted by Gasteiger charge is 2.50. The minimum Gasteiger partial charge on any atom is -0.376 e. The van der Waals surface area contributed by atoms with Gasteiger partial charge in [-0.1, -0.05) is 27.7 Å². The van der Waals surface area contributed by atoms with Gasteiger partial charge in [0.1, 0.15) is 12.2 Å². The summed E-state index contributed by atoms with van der Waals surface area (Å²) in [5.74, 6) is 0. The zero-order valence-corrected chi connectivity index (χ0v) is 13.2. The first-order chi connectivity index (χ1) is 8.10. The average Bonchev–Trinajstić information content (AvgIpc) is 2.52. The molecule has 0 aliphatic carbocycles. The van der Waals surface area contributed by atoms with E-state index in [1.165, 1.54) is 0 Å². The zero-order valence-electron chi connectivity index (χ0n) is 13.2. The van der Waals surface area contributed by atoms with Crippen molar-refractivity contribution < 1.29 is 14.2 Å². The molecule has 0 N–H and O–H groups in total. The van der Waals surface area contributed by atoms with E-state index < -0.39 is 0 Å². The Morgan fingerprint density at radius 3 is 1.89 bits per heavy atom. The quantitative estimate of drug-likeness (QED) is 0.776. The normalized spacial score (nSPS) is 34.0. The molecule has 1 unspecified atom stereocenters. The number of methoxy groups -OCH3 is 1. The summed E-state index contributed by atoms with van der Waals surface area (Å²) < 4.78 is 18.1. The highest BCUT2D eigenvalue weighted by atomic mass is 16.6. The lowest BCUT2D eigenvalue weighted by molar-refractivity contribution is -0.120. The largest absolute Gasteiger partial charge is 0.376 e. The lowest BCUT2D eigenvalue weighted by Gasteiger charge is -2.33. The van der Waals surface area contributed by atoms with Gasteiger partial charge in [-0.3, -0.25) is 0 Å². The van der Waals surface area contributed by atoms with Crippen molar-refractivity contribution in [2.24, 2.45) is 5.41 Å². The van der Waals surface area contributed by atoms with Gasteiger partial charge in [-0.15, -0.1) is 0 Å². The van der Waals surface area contributed by atoms with Crippen LogP contribution in [0.25, 0.3) is 0 Å². The van der Waals surface area contributed by atoms with Crippen molar-refractivity contribution in [2.75, 3.05) is 7.11 Å². The van der Waals surface area contributed by atoms with E-state index >= 15 is 0 Å². The summed E-state index contributed by atoms with van der Waals surface area (Å²) in [6.07, 6.45) is 1.18. The molecule has 3 nitrogen and oxygen atoms in total. The van der Waals surface area contributed by atoms with Gasteiger partial charge >= 0.3 is 0 Å². The smallest absolute Gasteiger partial charge is 0.113 e. The van der Waals surface area contributed by atoms with Gasteiger partial charge < -0.3 is 14.2 Å². The first kappa shape index (κ1) is 15.9. The molecule has 4 atom stereocenters. The SMILES string of the molecule is CC[C@H]1O[C@@H](C(C)(C)C)[C@@H](OC)C1OC(C)(C)C. The predicted molar refractivity (Wildman–Crippen MR) is 73.8 cm³/mol. The molecule has 3 heteroatoms. The van der Waals surface area contributed by atoms with Crippen LogP contribution in [0.4, 0.5) is 0 Å². The summed E-state index contributed by atoms with van der Waals surface area (Å²) in [7, 11) is 1.75. The molecule has 0 aromatic heterocycles. The molecule has 1 aliphatic heterocycles. The topological polar surface area (TPSA) is 27.7 Å². The van der Waals surface area contributed by atoms with E-state index in [0.29, 0.717) is 0 Å². The molecule has 1 saturated heterocycles. The minimum absolute atomic E-state index is 0.00850. The summed E-state index contributed by atoms with van der Waals surface area (Å²) >= 11 is 0. The van der Waals surface area contributed by atoms with E-state index in [1.54, 1.807) is 7.11 Å². The monoisotopic (exact) mass is 258 g/mol. The molecule has 1 heterocycles. The van der Waals surface area contributed by atoms with Gasteiger partial charge in [0, 0.05) is 7.11 Å². The maximum absolute atomic E-state index is 6.19. The maximum Gasteiger partial charge on any atom is 0.113 e. The van der Waals surface area contributed by atoms with Crippen molar-refractivity contribution in [1.82, 2.24) is 0 Å². The Balaban J connectivity index is 2.92. The third-order valence-corrected chi connectivity index (χ3v) is 3.33. The molecule has 0 spiro atoms. The number of hydrogen-bond donors (Lipinski definition) is 0. The fraction of sp³-hybridized carbons (Fsp3) is 1.00. The van der Waals surface area contributed by atoms with Gasteiger partial charge in [-0.2, -0.15) is 0 Å². The van der Waals surface area contributed by atoms with Gasteiger partial charge in [-0.05, 0) is 32.6 Å². The van der Waals surface area contributed by atoms with Gasteiger partial charge in [-0.25, -0.2) is 0 Å². The lowest BCUT2D eigenvalue weighted by Crippen LogP contribution is -2.44. The van der Waals surface area contributed by atoms with Crippen molar-refractivity contribution in [1.29, 1.82) is 0 Å². The lowest BCUT2D eigenvalue weighted by atomic mass is 9.85. The molecule has 0 bridgehead atoms. The molecule has 1 fully saturated rings. The molecule has 0 saturated carbocycles. The summed E-state index contributed by atoms with van der Waals surface area (Å²) in [4.78, 5) is 0. The summed E-state index contributed by atoms with van der Waals surface area (Å²) in [6, 6.07) is 0. The van der Waals surface area contributed by atoms with Crippen LogP contribution in [0.1, 0.15) is 54.9 Å². The fourth-order valence-electron chi connectivity index (χ4n) is 2.56. The van der Waals surface area contributed by atoms with Crippen LogP contribution in [0, 0.1) is 5.41 Å².